The molecule has 0 radical (unpaired) electrons. The van der Waals surface area contributed by atoms with Gasteiger partial charge in [0.25, 0.3) is 0 Å². The molecule has 1 heterocycles. The molecule has 0 spiro atoms. The van der Waals surface area contributed by atoms with Gasteiger partial charge in [-0.2, -0.15) is 0 Å². The number of anilines is 1. The van der Waals surface area contributed by atoms with E-state index in [9.17, 15) is 0 Å². The van der Waals surface area contributed by atoms with Gasteiger partial charge in [-0.3, -0.25) is 4.90 Å². The first kappa shape index (κ1) is 12.7. The van der Waals surface area contributed by atoms with Crippen molar-refractivity contribution < 1.29 is 4.74 Å². The van der Waals surface area contributed by atoms with E-state index >= 15 is 0 Å². The molecule has 1 N–H and O–H groups in total. The van der Waals surface area contributed by atoms with Crippen molar-refractivity contribution in [2.75, 3.05) is 44.7 Å². The summed E-state index contributed by atoms with van der Waals surface area (Å²) in [6.45, 7) is 7.88. The molecule has 1 saturated heterocycles. The summed E-state index contributed by atoms with van der Waals surface area (Å²) >= 11 is 5.98. The lowest BCUT2D eigenvalue weighted by molar-refractivity contribution is 0.0398. The number of hydrogen-bond acceptors (Lipinski definition) is 3. The van der Waals surface area contributed by atoms with Crippen molar-refractivity contribution >= 4 is 17.3 Å². The first-order valence-electron chi connectivity index (χ1n) is 6.06. The van der Waals surface area contributed by atoms with E-state index < -0.39 is 0 Å². The summed E-state index contributed by atoms with van der Waals surface area (Å²) in [6, 6.07) is 5.94. The lowest BCUT2D eigenvalue weighted by Crippen LogP contribution is -2.39. The maximum Gasteiger partial charge on any atom is 0.0594 e. The highest BCUT2D eigenvalue weighted by Crippen LogP contribution is 2.19. The van der Waals surface area contributed by atoms with E-state index in [2.05, 4.69) is 17.1 Å². The molecule has 0 aliphatic carbocycles. The predicted octanol–water partition coefficient (Wildman–Crippen LogP) is 2.39. The Kier molecular flexibility index (Phi) is 4.66. The third-order valence-electron chi connectivity index (χ3n) is 3.05. The fraction of sp³-hybridized carbons (Fsp3) is 0.538. The molecule has 1 aromatic rings. The van der Waals surface area contributed by atoms with Gasteiger partial charge >= 0.3 is 0 Å². The molecule has 0 atom stereocenters. The zero-order valence-corrected chi connectivity index (χ0v) is 11.0. The summed E-state index contributed by atoms with van der Waals surface area (Å²) in [6.07, 6.45) is 0. The van der Waals surface area contributed by atoms with Crippen LogP contribution >= 0.6 is 11.6 Å². The van der Waals surface area contributed by atoms with Gasteiger partial charge in [0.2, 0.25) is 0 Å². The summed E-state index contributed by atoms with van der Waals surface area (Å²) in [4.78, 5) is 2.41. The van der Waals surface area contributed by atoms with E-state index in [4.69, 9.17) is 16.3 Å². The van der Waals surface area contributed by atoms with Crippen LogP contribution in [-0.4, -0.2) is 44.3 Å². The first-order chi connectivity index (χ1) is 8.25. The van der Waals surface area contributed by atoms with E-state index in [-0.39, 0.29) is 0 Å². The van der Waals surface area contributed by atoms with Gasteiger partial charge < -0.3 is 10.1 Å². The molecule has 1 aliphatic rings. The van der Waals surface area contributed by atoms with Crippen molar-refractivity contribution in [3.05, 3.63) is 28.8 Å². The number of nitrogens with one attached hydrogen (secondary N) is 1. The van der Waals surface area contributed by atoms with E-state index in [0.29, 0.717) is 0 Å². The summed E-state index contributed by atoms with van der Waals surface area (Å²) in [5.41, 5.74) is 2.36. The topological polar surface area (TPSA) is 24.5 Å². The van der Waals surface area contributed by atoms with Crippen molar-refractivity contribution in [2.45, 2.75) is 6.92 Å². The Bertz CT molecular complexity index is 364. The van der Waals surface area contributed by atoms with Gasteiger partial charge in [-0.05, 0) is 24.6 Å². The monoisotopic (exact) mass is 254 g/mol. The smallest absolute Gasteiger partial charge is 0.0594 e. The van der Waals surface area contributed by atoms with E-state index in [1.807, 2.05) is 18.2 Å². The van der Waals surface area contributed by atoms with Crippen LogP contribution in [0, 0.1) is 6.92 Å². The average molecular weight is 255 g/mol. The molecule has 17 heavy (non-hydrogen) atoms. The fourth-order valence-electron chi connectivity index (χ4n) is 1.96. The van der Waals surface area contributed by atoms with Crippen LogP contribution in [0.2, 0.25) is 5.02 Å². The molecule has 94 valence electrons. The van der Waals surface area contributed by atoms with Gasteiger partial charge in [-0.1, -0.05) is 17.7 Å². The Morgan fingerprint density at radius 1 is 1.35 bits per heavy atom. The van der Waals surface area contributed by atoms with Gasteiger partial charge in [0.05, 0.1) is 13.2 Å². The summed E-state index contributed by atoms with van der Waals surface area (Å²) < 4.78 is 5.32. The SMILES string of the molecule is Cc1ccc(Cl)cc1NCCN1CCOCC1. The molecule has 1 aliphatic heterocycles. The molecular formula is C13H19ClN2O. The second kappa shape index (κ2) is 6.24. The number of nitrogens with zero attached hydrogens (tertiary/aromatic N) is 1. The van der Waals surface area contributed by atoms with Crippen LogP contribution in [0.15, 0.2) is 18.2 Å². The summed E-state index contributed by atoms with van der Waals surface area (Å²) in [5, 5.41) is 4.22. The Balaban J connectivity index is 1.79. The quantitative estimate of drug-likeness (QED) is 0.893. The highest BCUT2D eigenvalue weighted by molar-refractivity contribution is 6.30. The molecule has 0 aromatic heterocycles. The van der Waals surface area contributed by atoms with Crippen molar-refractivity contribution in [3.8, 4) is 0 Å². The molecule has 2 rings (SSSR count). The number of aryl methyl sites for hydroxylation is 1. The minimum Gasteiger partial charge on any atom is -0.384 e. The highest BCUT2D eigenvalue weighted by Gasteiger charge is 2.09. The normalized spacial score (nSPS) is 17.1. The lowest BCUT2D eigenvalue weighted by atomic mass is 10.2. The third kappa shape index (κ3) is 3.87. The highest BCUT2D eigenvalue weighted by atomic mass is 35.5. The Hall–Kier alpha value is -0.770. The maximum atomic E-state index is 5.98. The standard InChI is InChI=1S/C13H19ClN2O/c1-11-2-3-12(14)10-13(11)15-4-5-16-6-8-17-9-7-16/h2-3,10,15H,4-9H2,1H3. The maximum absolute atomic E-state index is 5.98. The van der Waals surface area contributed by atoms with E-state index in [1.165, 1.54) is 5.56 Å². The average Bonchev–Trinajstić information content (AvgIpc) is 2.35. The van der Waals surface area contributed by atoms with Gasteiger partial charge in [-0.15, -0.1) is 0 Å². The van der Waals surface area contributed by atoms with Crippen LogP contribution in [0.1, 0.15) is 5.56 Å². The molecule has 3 nitrogen and oxygen atoms in total. The molecule has 0 unspecified atom stereocenters. The van der Waals surface area contributed by atoms with Crippen LogP contribution in [0.4, 0.5) is 5.69 Å². The number of benzene rings is 1. The largest absolute Gasteiger partial charge is 0.384 e. The van der Waals surface area contributed by atoms with E-state index in [1.54, 1.807) is 0 Å². The van der Waals surface area contributed by atoms with Crippen LogP contribution in [0.25, 0.3) is 0 Å². The van der Waals surface area contributed by atoms with Crippen molar-refractivity contribution in [3.63, 3.8) is 0 Å². The summed E-state index contributed by atoms with van der Waals surface area (Å²) in [7, 11) is 0. The van der Waals surface area contributed by atoms with Crippen molar-refractivity contribution in [1.82, 2.24) is 4.90 Å². The Labute approximate surface area is 108 Å². The van der Waals surface area contributed by atoms with Gasteiger partial charge in [-0.25, -0.2) is 0 Å². The molecule has 1 fully saturated rings. The molecular weight excluding hydrogens is 236 g/mol. The summed E-state index contributed by atoms with van der Waals surface area (Å²) in [5.74, 6) is 0. The molecule has 0 amide bonds. The van der Waals surface area contributed by atoms with Crippen molar-refractivity contribution in [1.29, 1.82) is 0 Å². The minimum absolute atomic E-state index is 0.782. The molecule has 0 saturated carbocycles. The minimum atomic E-state index is 0.782. The van der Waals surface area contributed by atoms with Crippen LogP contribution in [-0.2, 0) is 4.74 Å². The second-order valence-electron chi connectivity index (χ2n) is 4.34. The lowest BCUT2D eigenvalue weighted by Gasteiger charge is -2.26. The molecule has 0 bridgehead atoms. The first-order valence-corrected chi connectivity index (χ1v) is 6.43. The van der Waals surface area contributed by atoms with Gasteiger partial charge in [0.15, 0.2) is 0 Å². The number of rotatable bonds is 4. The van der Waals surface area contributed by atoms with Crippen LogP contribution < -0.4 is 5.32 Å². The molecule has 1 aromatic carbocycles. The van der Waals surface area contributed by atoms with Gasteiger partial charge in [0, 0.05) is 36.9 Å². The number of ether oxygens (including phenoxy) is 1. The third-order valence-corrected chi connectivity index (χ3v) is 3.28. The van der Waals surface area contributed by atoms with Crippen molar-refractivity contribution in [2.24, 2.45) is 0 Å². The zero-order chi connectivity index (χ0) is 12.1. The molecule has 4 heteroatoms. The Morgan fingerprint density at radius 3 is 2.88 bits per heavy atom. The van der Waals surface area contributed by atoms with E-state index in [0.717, 1.165) is 50.1 Å². The van der Waals surface area contributed by atoms with Gasteiger partial charge in [0.1, 0.15) is 0 Å². The number of halogens is 1. The van der Waals surface area contributed by atoms with Crippen LogP contribution in [0.5, 0.6) is 0 Å². The predicted molar refractivity (Wildman–Crippen MR) is 71.9 cm³/mol. The number of morpholine rings is 1. The second-order valence-corrected chi connectivity index (χ2v) is 4.78. The van der Waals surface area contributed by atoms with Crippen LogP contribution in [0.3, 0.4) is 0 Å². The Morgan fingerprint density at radius 2 is 2.12 bits per heavy atom. The zero-order valence-electron chi connectivity index (χ0n) is 10.2. The number of hydrogen-bond donors (Lipinski definition) is 1. The fourth-order valence-corrected chi connectivity index (χ4v) is 2.13.